The van der Waals surface area contributed by atoms with E-state index in [1.807, 2.05) is 40.9 Å². The molecule has 1 aromatic carbocycles. The summed E-state index contributed by atoms with van der Waals surface area (Å²) in [4.78, 5) is 15.1. The smallest absolute Gasteiger partial charge is 0.256 e. The third-order valence-electron chi connectivity index (χ3n) is 5.88. The van der Waals surface area contributed by atoms with Crippen molar-refractivity contribution in [2.24, 2.45) is 12.5 Å². The lowest BCUT2D eigenvalue weighted by atomic mass is 9.76. The van der Waals surface area contributed by atoms with E-state index >= 15 is 0 Å². The van der Waals surface area contributed by atoms with E-state index in [1.165, 1.54) is 0 Å². The molecule has 1 spiro atoms. The molecule has 4 rings (SSSR count). The van der Waals surface area contributed by atoms with Crippen LogP contribution in [0.25, 0.3) is 10.9 Å². The van der Waals surface area contributed by atoms with Crippen LogP contribution in [-0.4, -0.2) is 54.9 Å². The van der Waals surface area contributed by atoms with E-state index in [1.54, 1.807) is 7.11 Å². The Labute approximate surface area is 148 Å². The van der Waals surface area contributed by atoms with Crippen LogP contribution in [0.15, 0.2) is 30.5 Å². The second-order valence-electron chi connectivity index (χ2n) is 7.56. The third kappa shape index (κ3) is 2.96. The molecule has 134 valence electrons. The number of likely N-dealkylation sites (tertiary alicyclic amines) is 1. The summed E-state index contributed by atoms with van der Waals surface area (Å²) in [6, 6.07) is 8.10. The van der Waals surface area contributed by atoms with Crippen LogP contribution in [0.2, 0.25) is 0 Å². The summed E-state index contributed by atoms with van der Waals surface area (Å²) >= 11 is 0. The minimum Gasteiger partial charge on any atom is -0.382 e. The molecule has 2 aliphatic rings. The number of nitrogens with zero attached hydrogens (tertiary/aromatic N) is 2. The molecule has 0 bridgehead atoms. The molecule has 5 nitrogen and oxygen atoms in total. The second-order valence-corrected chi connectivity index (χ2v) is 7.56. The Morgan fingerprint density at radius 3 is 2.84 bits per heavy atom. The topological polar surface area (TPSA) is 43.7 Å². The van der Waals surface area contributed by atoms with Crippen LogP contribution in [0.4, 0.5) is 0 Å². The van der Waals surface area contributed by atoms with Gasteiger partial charge in [-0.15, -0.1) is 0 Å². The predicted octanol–water partition coefficient (Wildman–Crippen LogP) is 2.84. The van der Waals surface area contributed by atoms with Crippen molar-refractivity contribution >= 4 is 16.8 Å². The quantitative estimate of drug-likeness (QED) is 0.861. The van der Waals surface area contributed by atoms with E-state index in [0.29, 0.717) is 6.61 Å². The molecule has 0 unspecified atom stereocenters. The van der Waals surface area contributed by atoms with Crippen LogP contribution >= 0.6 is 0 Å². The number of fused-ring (bicyclic) bond motifs is 1. The Kier molecular flexibility index (Phi) is 4.29. The number of aryl methyl sites for hydroxylation is 1. The summed E-state index contributed by atoms with van der Waals surface area (Å²) in [6.07, 6.45) is 5.26. The summed E-state index contributed by atoms with van der Waals surface area (Å²) in [5.41, 5.74) is 2.15. The number of rotatable bonds is 3. The fourth-order valence-corrected chi connectivity index (χ4v) is 4.40. The highest BCUT2D eigenvalue weighted by Crippen LogP contribution is 2.42. The van der Waals surface area contributed by atoms with E-state index in [-0.39, 0.29) is 17.4 Å². The second kappa shape index (κ2) is 6.46. The number of amides is 1. The maximum absolute atomic E-state index is 13.1. The monoisotopic (exact) mass is 342 g/mol. The van der Waals surface area contributed by atoms with Gasteiger partial charge in [0.05, 0.1) is 24.9 Å². The number of ether oxygens (including phenoxy) is 2. The maximum Gasteiger partial charge on any atom is 0.256 e. The highest BCUT2D eigenvalue weighted by Gasteiger charge is 2.43. The molecule has 0 aliphatic carbocycles. The van der Waals surface area contributed by atoms with Gasteiger partial charge >= 0.3 is 0 Å². The first kappa shape index (κ1) is 16.6. The normalized spacial score (nSPS) is 22.8. The molecular weight excluding hydrogens is 316 g/mol. The average molecular weight is 342 g/mol. The molecule has 1 atom stereocenters. The van der Waals surface area contributed by atoms with Crippen molar-refractivity contribution in [1.29, 1.82) is 0 Å². The Balaban J connectivity index is 1.46. The van der Waals surface area contributed by atoms with Gasteiger partial charge in [0.2, 0.25) is 0 Å². The predicted molar refractivity (Wildman–Crippen MR) is 96.7 cm³/mol. The molecule has 2 aliphatic heterocycles. The van der Waals surface area contributed by atoms with E-state index in [2.05, 4.69) is 6.07 Å². The zero-order valence-electron chi connectivity index (χ0n) is 15.0. The van der Waals surface area contributed by atoms with Crippen molar-refractivity contribution in [2.45, 2.75) is 25.4 Å². The first-order valence-corrected chi connectivity index (χ1v) is 9.06. The van der Waals surface area contributed by atoms with Gasteiger partial charge in [0.25, 0.3) is 5.91 Å². The SMILES string of the molecule is COC[C@@H]1CC2(CCN(C(=O)c3cn(C)c4ccccc34)CC2)CO1. The van der Waals surface area contributed by atoms with Crippen molar-refractivity contribution in [3.63, 3.8) is 0 Å². The van der Waals surface area contributed by atoms with Crippen LogP contribution < -0.4 is 0 Å². The Morgan fingerprint density at radius 2 is 2.08 bits per heavy atom. The van der Waals surface area contributed by atoms with Gasteiger partial charge in [-0.2, -0.15) is 0 Å². The molecule has 1 amide bonds. The van der Waals surface area contributed by atoms with E-state index in [9.17, 15) is 4.79 Å². The number of hydrogen-bond donors (Lipinski definition) is 0. The summed E-state index contributed by atoms with van der Waals surface area (Å²) < 4.78 is 13.2. The first-order valence-electron chi connectivity index (χ1n) is 9.06. The van der Waals surface area contributed by atoms with Crippen molar-refractivity contribution in [2.75, 3.05) is 33.4 Å². The number of methoxy groups -OCH3 is 1. The van der Waals surface area contributed by atoms with Crippen molar-refractivity contribution in [1.82, 2.24) is 9.47 Å². The van der Waals surface area contributed by atoms with Gasteiger partial charge < -0.3 is 18.9 Å². The van der Waals surface area contributed by atoms with E-state index in [4.69, 9.17) is 9.47 Å². The lowest BCUT2D eigenvalue weighted by molar-refractivity contribution is 0.0281. The largest absolute Gasteiger partial charge is 0.382 e. The molecule has 3 heterocycles. The Bertz CT molecular complexity index is 774. The molecule has 2 fully saturated rings. The summed E-state index contributed by atoms with van der Waals surface area (Å²) in [5.74, 6) is 0.152. The number of aromatic nitrogens is 1. The van der Waals surface area contributed by atoms with Crippen LogP contribution in [0.1, 0.15) is 29.6 Å². The molecule has 2 saturated heterocycles. The molecule has 25 heavy (non-hydrogen) atoms. The highest BCUT2D eigenvalue weighted by atomic mass is 16.5. The van der Waals surface area contributed by atoms with Crippen molar-refractivity contribution in [3.8, 4) is 0 Å². The molecule has 1 aromatic heterocycles. The lowest BCUT2D eigenvalue weighted by Crippen LogP contribution is -2.43. The van der Waals surface area contributed by atoms with Gasteiger partial charge in [-0.05, 0) is 30.7 Å². The van der Waals surface area contributed by atoms with Gasteiger partial charge in [0.15, 0.2) is 0 Å². The van der Waals surface area contributed by atoms with Gasteiger partial charge in [-0.25, -0.2) is 0 Å². The molecule has 0 N–H and O–H groups in total. The summed E-state index contributed by atoms with van der Waals surface area (Å²) in [6.45, 7) is 3.09. The Morgan fingerprint density at radius 1 is 1.32 bits per heavy atom. The van der Waals surface area contributed by atoms with Crippen LogP contribution in [0.5, 0.6) is 0 Å². The fourth-order valence-electron chi connectivity index (χ4n) is 4.40. The van der Waals surface area contributed by atoms with E-state index < -0.39 is 0 Å². The first-order chi connectivity index (χ1) is 12.1. The van der Waals surface area contributed by atoms with E-state index in [0.717, 1.165) is 55.4 Å². The van der Waals surface area contributed by atoms with Gasteiger partial charge in [-0.3, -0.25) is 4.79 Å². The molecule has 0 saturated carbocycles. The molecular formula is C20H26N2O3. The Hall–Kier alpha value is -1.85. The van der Waals surface area contributed by atoms with Crippen LogP contribution in [0.3, 0.4) is 0 Å². The lowest BCUT2D eigenvalue weighted by Gasteiger charge is -2.38. The van der Waals surface area contributed by atoms with Gasteiger partial charge in [0, 0.05) is 44.3 Å². The number of para-hydroxylation sites is 1. The minimum atomic E-state index is 0.152. The number of carbonyl (C=O) groups excluding carboxylic acids is 1. The van der Waals surface area contributed by atoms with Gasteiger partial charge in [-0.1, -0.05) is 18.2 Å². The molecule has 2 aromatic rings. The summed E-state index contributed by atoms with van der Waals surface area (Å²) in [5, 5.41) is 1.04. The van der Waals surface area contributed by atoms with Gasteiger partial charge in [0.1, 0.15) is 0 Å². The number of hydrogen-bond acceptors (Lipinski definition) is 3. The zero-order valence-corrected chi connectivity index (χ0v) is 15.0. The van der Waals surface area contributed by atoms with Crippen molar-refractivity contribution < 1.29 is 14.3 Å². The standard InChI is InChI=1S/C20H26N2O3/c1-21-12-17(16-5-3-4-6-18(16)21)19(23)22-9-7-20(8-10-22)11-15(13-24-2)25-14-20/h3-6,12,15H,7-11,13-14H2,1-2H3/t15-/m0/s1. The number of benzene rings is 1. The molecule has 5 heteroatoms. The van der Waals surface area contributed by atoms with Crippen LogP contribution in [0, 0.1) is 5.41 Å². The third-order valence-corrected chi connectivity index (χ3v) is 5.88. The average Bonchev–Trinajstić information content (AvgIpc) is 3.18. The number of piperidine rings is 1. The summed E-state index contributed by atoms with van der Waals surface area (Å²) in [7, 11) is 3.72. The minimum absolute atomic E-state index is 0.152. The maximum atomic E-state index is 13.1. The van der Waals surface area contributed by atoms with Crippen molar-refractivity contribution in [3.05, 3.63) is 36.0 Å². The van der Waals surface area contributed by atoms with Crippen LogP contribution in [-0.2, 0) is 16.5 Å². The number of carbonyl (C=O) groups is 1. The molecule has 0 radical (unpaired) electrons. The highest BCUT2D eigenvalue weighted by molar-refractivity contribution is 6.07. The fraction of sp³-hybridized carbons (Fsp3) is 0.550. The zero-order chi connectivity index (χ0) is 17.4.